The van der Waals surface area contributed by atoms with Crippen molar-refractivity contribution in [2.24, 2.45) is 0 Å². The number of hydrogen-bond donors (Lipinski definition) is 0. The van der Waals surface area contributed by atoms with Gasteiger partial charge < -0.3 is 9.30 Å². The fourth-order valence-corrected chi connectivity index (χ4v) is 3.31. The number of aromatic nitrogens is 3. The number of nitrogens with zero attached hydrogens (tertiary/aromatic N) is 4. The summed E-state index contributed by atoms with van der Waals surface area (Å²) < 4.78 is 7.70. The lowest BCUT2D eigenvalue weighted by molar-refractivity contribution is 0.355. The molecule has 0 aliphatic carbocycles. The van der Waals surface area contributed by atoms with Crippen molar-refractivity contribution in [1.29, 1.82) is 5.26 Å². The van der Waals surface area contributed by atoms with E-state index in [9.17, 15) is 0 Å². The molecule has 0 bridgehead atoms. The molecule has 3 rings (SSSR count). The predicted molar refractivity (Wildman–Crippen MR) is 87.9 cm³/mol. The summed E-state index contributed by atoms with van der Waals surface area (Å²) in [5, 5.41) is 18.1. The summed E-state index contributed by atoms with van der Waals surface area (Å²) in [6.07, 6.45) is 2.60. The molecule has 1 aliphatic rings. The Morgan fingerprint density at radius 2 is 2.26 bits per heavy atom. The monoisotopic (exact) mass is 348 g/mol. The zero-order valence-electron chi connectivity index (χ0n) is 12.3. The molecule has 0 N–H and O–H groups in total. The van der Waals surface area contributed by atoms with E-state index < -0.39 is 0 Å². The van der Waals surface area contributed by atoms with Crippen molar-refractivity contribution in [2.45, 2.75) is 25.3 Å². The van der Waals surface area contributed by atoms with E-state index in [2.05, 4.69) is 22.8 Å². The van der Waals surface area contributed by atoms with Gasteiger partial charge in [-0.05, 0) is 12.1 Å². The normalized spacial score (nSPS) is 16.0. The molecular weight excluding hydrogens is 335 g/mol. The highest BCUT2D eigenvalue weighted by atomic mass is 35.5. The van der Waals surface area contributed by atoms with Crippen LogP contribution in [-0.4, -0.2) is 21.4 Å². The number of benzene rings is 1. The molecule has 2 heterocycles. The molecule has 1 unspecified atom stereocenters. The molecule has 7 heteroatoms. The quantitative estimate of drug-likeness (QED) is 0.775. The van der Waals surface area contributed by atoms with Gasteiger partial charge in [0.2, 0.25) is 0 Å². The number of nitriles is 1. The van der Waals surface area contributed by atoms with Crippen LogP contribution in [0.4, 0.5) is 0 Å². The zero-order chi connectivity index (χ0) is 16.4. The predicted octanol–water partition coefficient (Wildman–Crippen LogP) is 3.56. The van der Waals surface area contributed by atoms with Crippen LogP contribution in [0.1, 0.15) is 23.1 Å². The molecule has 0 amide bonds. The molecule has 0 saturated heterocycles. The first-order chi connectivity index (χ1) is 11.2. The van der Waals surface area contributed by atoms with Gasteiger partial charge in [-0.3, -0.25) is 0 Å². The summed E-state index contributed by atoms with van der Waals surface area (Å²) in [4.78, 5) is 0. The minimum atomic E-state index is 0.0870. The van der Waals surface area contributed by atoms with Crippen LogP contribution >= 0.6 is 23.2 Å². The minimum absolute atomic E-state index is 0.0870. The van der Waals surface area contributed by atoms with Crippen LogP contribution in [0.5, 0.6) is 5.75 Å². The highest BCUT2D eigenvalue weighted by Crippen LogP contribution is 2.42. The van der Waals surface area contributed by atoms with Gasteiger partial charge in [0.1, 0.15) is 24.0 Å². The number of hydrogen-bond acceptors (Lipinski definition) is 4. The summed E-state index contributed by atoms with van der Waals surface area (Å²) in [6.45, 7) is 4.71. The molecular formula is C16H14Cl2N4O. The van der Waals surface area contributed by atoms with Gasteiger partial charge in [-0.25, -0.2) is 0 Å². The number of rotatable bonds is 5. The molecule has 1 aromatic heterocycles. The van der Waals surface area contributed by atoms with Gasteiger partial charge in [0.05, 0.1) is 22.5 Å². The summed E-state index contributed by atoms with van der Waals surface area (Å²) in [5.41, 5.74) is 0.870. The average molecular weight is 349 g/mol. The van der Waals surface area contributed by atoms with Crippen molar-refractivity contribution in [3.63, 3.8) is 0 Å². The van der Waals surface area contributed by atoms with Crippen molar-refractivity contribution in [1.82, 2.24) is 14.8 Å². The highest BCUT2D eigenvalue weighted by Gasteiger charge is 2.31. The second-order valence-corrected chi connectivity index (χ2v) is 6.04. The van der Waals surface area contributed by atoms with Gasteiger partial charge in [0.25, 0.3) is 0 Å². The van der Waals surface area contributed by atoms with Gasteiger partial charge in [-0.2, -0.15) is 5.26 Å². The van der Waals surface area contributed by atoms with Gasteiger partial charge in [-0.15, -0.1) is 10.2 Å². The third-order valence-corrected chi connectivity index (χ3v) is 4.65. The Labute approximate surface area is 144 Å². The molecule has 1 aromatic carbocycles. The second kappa shape index (κ2) is 6.61. The van der Waals surface area contributed by atoms with Crippen molar-refractivity contribution in [3.05, 3.63) is 52.0 Å². The van der Waals surface area contributed by atoms with Crippen LogP contribution < -0.4 is 4.74 Å². The van der Waals surface area contributed by atoms with Crippen LogP contribution in [0.15, 0.2) is 24.8 Å². The standard InChI is InChI=1S/C16H14Cl2N4O/c1-2-7-23-12-4-3-11(17)16(18)15(12)10-8-14-21-20-13(5-6-19)22(14)9-10/h2-4,10H,1,5,7-9H2. The smallest absolute Gasteiger partial charge is 0.147 e. The highest BCUT2D eigenvalue weighted by molar-refractivity contribution is 6.42. The van der Waals surface area contributed by atoms with Crippen LogP contribution in [0.2, 0.25) is 10.0 Å². The number of halogens is 2. The summed E-state index contributed by atoms with van der Waals surface area (Å²) in [6, 6.07) is 5.65. The summed E-state index contributed by atoms with van der Waals surface area (Å²) in [7, 11) is 0. The van der Waals surface area contributed by atoms with Crippen LogP contribution in [-0.2, 0) is 19.4 Å². The lowest BCUT2D eigenvalue weighted by atomic mass is 9.96. The minimum Gasteiger partial charge on any atom is -0.489 e. The SMILES string of the molecule is C=CCOc1ccc(Cl)c(Cl)c1C1Cc2nnc(CC#N)n2C1. The van der Waals surface area contributed by atoms with Crippen LogP contribution in [0.3, 0.4) is 0 Å². The maximum atomic E-state index is 8.87. The molecule has 0 spiro atoms. The molecule has 0 radical (unpaired) electrons. The van der Waals surface area contributed by atoms with Crippen molar-refractivity contribution in [2.75, 3.05) is 6.61 Å². The first-order valence-corrected chi connectivity index (χ1v) is 7.90. The van der Waals surface area contributed by atoms with E-state index in [0.717, 1.165) is 11.4 Å². The first-order valence-electron chi connectivity index (χ1n) is 7.15. The Bertz CT molecular complexity index is 794. The molecule has 1 aliphatic heterocycles. The first kappa shape index (κ1) is 15.9. The fourth-order valence-electron chi connectivity index (χ4n) is 2.84. The lowest BCUT2D eigenvalue weighted by Gasteiger charge is -2.18. The Balaban J connectivity index is 1.95. The van der Waals surface area contributed by atoms with E-state index in [1.54, 1.807) is 12.1 Å². The van der Waals surface area contributed by atoms with Gasteiger partial charge in [0.15, 0.2) is 0 Å². The zero-order valence-corrected chi connectivity index (χ0v) is 13.8. The van der Waals surface area contributed by atoms with Crippen LogP contribution in [0, 0.1) is 11.3 Å². The fraction of sp³-hybridized carbons (Fsp3) is 0.312. The summed E-state index contributed by atoms with van der Waals surface area (Å²) in [5.74, 6) is 2.32. The van der Waals surface area contributed by atoms with Gasteiger partial charge in [0, 0.05) is 24.4 Å². The second-order valence-electron chi connectivity index (χ2n) is 5.25. The molecule has 1 atom stereocenters. The Hall–Kier alpha value is -2.03. The van der Waals surface area contributed by atoms with Crippen molar-refractivity contribution < 1.29 is 4.74 Å². The Kier molecular flexibility index (Phi) is 4.56. The maximum absolute atomic E-state index is 8.87. The molecule has 0 saturated carbocycles. The van der Waals surface area contributed by atoms with E-state index in [1.165, 1.54) is 0 Å². The van der Waals surface area contributed by atoms with Gasteiger partial charge in [-0.1, -0.05) is 35.9 Å². The van der Waals surface area contributed by atoms with E-state index in [4.69, 9.17) is 33.2 Å². The molecule has 2 aromatic rings. The Morgan fingerprint density at radius 1 is 1.43 bits per heavy atom. The maximum Gasteiger partial charge on any atom is 0.147 e. The molecule has 118 valence electrons. The largest absolute Gasteiger partial charge is 0.489 e. The van der Waals surface area contributed by atoms with E-state index >= 15 is 0 Å². The topological polar surface area (TPSA) is 63.7 Å². The van der Waals surface area contributed by atoms with E-state index in [1.807, 2.05) is 10.6 Å². The third-order valence-electron chi connectivity index (χ3n) is 3.83. The number of ether oxygens (including phenoxy) is 1. The van der Waals surface area contributed by atoms with Crippen LogP contribution in [0.25, 0.3) is 0 Å². The van der Waals surface area contributed by atoms with Gasteiger partial charge >= 0.3 is 0 Å². The molecule has 5 nitrogen and oxygen atoms in total. The average Bonchev–Trinajstić information content (AvgIpc) is 3.10. The molecule has 23 heavy (non-hydrogen) atoms. The van der Waals surface area contributed by atoms with Crippen molar-refractivity contribution in [3.8, 4) is 11.8 Å². The lowest BCUT2D eigenvalue weighted by Crippen LogP contribution is -2.08. The Morgan fingerprint density at radius 3 is 3.00 bits per heavy atom. The number of fused-ring (bicyclic) bond motifs is 1. The van der Waals surface area contributed by atoms with E-state index in [0.29, 0.717) is 41.2 Å². The molecule has 0 fully saturated rings. The van der Waals surface area contributed by atoms with Crippen molar-refractivity contribution >= 4 is 23.2 Å². The van der Waals surface area contributed by atoms with E-state index in [-0.39, 0.29) is 12.3 Å². The third kappa shape index (κ3) is 2.92. The summed E-state index contributed by atoms with van der Waals surface area (Å²) >= 11 is 12.6.